The van der Waals surface area contributed by atoms with Crippen molar-refractivity contribution >= 4 is 17.3 Å². The number of halogens is 1. The number of rotatable bonds is 5. The molecule has 2 N–H and O–H groups in total. The molecule has 148 valence electrons. The molecule has 0 aromatic heterocycles. The van der Waals surface area contributed by atoms with Gasteiger partial charge in [0.15, 0.2) is 0 Å². The van der Waals surface area contributed by atoms with Gasteiger partial charge in [0.2, 0.25) is 0 Å². The lowest BCUT2D eigenvalue weighted by Crippen LogP contribution is -2.43. The number of amides is 1. The molecule has 0 spiro atoms. The van der Waals surface area contributed by atoms with Crippen LogP contribution in [0.4, 0.5) is 15.8 Å². The van der Waals surface area contributed by atoms with E-state index in [0.29, 0.717) is 23.8 Å². The Morgan fingerprint density at radius 2 is 1.96 bits per heavy atom. The number of anilines is 2. The zero-order chi connectivity index (χ0) is 19.5. The molecule has 1 saturated heterocycles. The fraction of sp³-hybridized carbons (Fsp3) is 0.409. The molecule has 0 aliphatic carbocycles. The van der Waals surface area contributed by atoms with Crippen LogP contribution in [-0.2, 0) is 6.42 Å². The molecular formula is C22H27FN4O. The summed E-state index contributed by atoms with van der Waals surface area (Å²) in [7, 11) is 0. The molecule has 2 aromatic carbocycles. The molecule has 0 saturated carbocycles. The van der Waals surface area contributed by atoms with E-state index in [1.807, 2.05) is 11.0 Å². The fourth-order valence-corrected chi connectivity index (χ4v) is 4.17. The zero-order valence-corrected chi connectivity index (χ0v) is 16.2. The van der Waals surface area contributed by atoms with Gasteiger partial charge in [-0.15, -0.1) is 0 Å². The van der Waals surface area contributed by atoms with Gasteiger partial charge in [-0.1, -0.05) is 18.2 Å². The van der Waals surface area contributed by atoms with E-state index in [4.69, 9.17) is 0 Å². The Morgan fingerprint density at radius 3 is 2.75 bits per heavy atom. The first-order valence-corrected chi connectivity index (χ1v) is 10.0. The third-order valence-corrected chi connectivity index (χ3v) is 5.65. The predicted octanol–water partition coefficient (Wildman–Crippen LogP) is 2.42. The number of para-hydroxylation sites is 1. The number of hydrogen-bond acceptors (Lipinski definition) is 4. The van der Waals surface area contributed by atoms with E-state index in [2.05, 4.69) is 40.7 Å². The van der Waals surface area contributed by atoms with Crippen molar-refractivity contribution in [3.63, 3.8) is 0 Å². The molecule has 1 fully saturated rings. The Balaban J connectivity index is 1.35. The van der Waals surface area contributed by atoms with E-state index >= 15 is 0 Å². The molecule has 4 rings (SSSR count). The van der Waals surface area contributed by atoms with Crippen molar-refractivity contribution in [2.45, 2.75) is 19.4 Å². The molecule has 5 nitrogen and oxygen atoms in total. The number of fused-ring (bicyclic) bond motifs is 1. The summed E-state index contributed by atoms with van der Waals surface area (Å²) < 4.78 is 14.5. The maximum absolute atomic E-state index is 14.5. The summed E-state index contributed by atoms with van der Waals surface area (Å²) in [6.07, 6.45) is 1.03. The Morgan fingerprint density at radius 1 is 1.18 bits per heavy atom. The van der Waals surface area contributed by atoms with Crippen LogP contribution in [0, 0.1) is 5.82 Å². The van der Waals surface area contributed by atoms with E-state index in [-0.39, 0.29) is 11.7 Å². The van der Waals surface area contributed by atoms with Crippen LogP contribution < -0.4 is 20.4 Å². The normalized spacial score (nSPS) is 18.9. The van der Waals surface area contributed by atoms with Gasteiger partial charge in [-0.2, -0.15) is 0 Å². The molecule has 28 heavy (non-hydrogen) atoms. The van der Waals surface area contributed by atoms with Crippen molar-refractivity contribution < 1.29 is 9.18 Å². The molecule has 1 atom stereocenters. The average molecular weight is 382 g/mol. The Labute approximate surface area is 165 Å². The SMILES string of the molecule is CC1Cc2ccccc2N1CCNC(=O)c1ccc(N2CCNCC2)c(F)c1. The minimum atomic E-state index is -0.336. The van der Waals surface area contributed by atoms with Crippen molar-refractivity contribution in [1.82, 2.24) is 10.6 Å². The third kappa shape index (κ3) is 3.83. The van der Waals surface area contributed by atoms with Crippen LogP contribution in [0.15, 0.2) is 42.5 Å². The quantitative estimate of drug-likeness (QED) is 0.834. The number of benzene rings is 2. The summed E-state index contributed by atoms with van der Waals surface area (Å²) in [4.78, 5) is 16.8. The Hall–Kier alpha value is -2.60. The molecule has 2 aromatic rings. The van der Waals surface area contributed by atoms with Gasteiger partial charge in [-0.3, -0.25) is 4.79 Å². The van der Waals surface area contributed by atoms with Crippen LogP contribution in [0.5, 0.6) is 0 Å². The molecule has 0 radical (unpaired) electrons. The van der Waals surface area contributed by atoms with Crippen molar-refractivity contribution in [2.75, 3.05) is 49.1 Å². The molecule has 1 amide bonds. The van der Waals surface area contributed by atoms with E-state index in [1.165, 1.54) is 17.3 Å². The van der Waals surface area contributed by atoms with Gasteiger partial charge in [0.25, 0.3) is 5.91 Å². The van der Waals surface area contributed by atoms with Gasteiger partial charge in [0.05, 0.1) is 5.69 Å². The summed E-state index contributed by atoms with van der Waals surface area (Å²) in [5.41, 5.74) is 3.54. The molecule has 2 heterocycles. The molecule has 0 bridgehead atoms. The number of nitrogens with one attached hydrogen (secondary N) is 2. The van der Waals surface area contributed by atoms with Crippen LogP contribution in [0.25, 0.3) is 0 Å². The number of piperazine rings is 1. The van der Waals surface area contributed by atoms with E-state index in [9.17, 15) is 9.18 Å². The zero-order valence-electron chi connectivity index (χ0n) is 16.2. The third-order valence-electron chi connectivity index (χ3n) is 5.65. The largest absolute Gasteiger partial charge is 0.367 e. The topological polar surface area (TPSA) is 47.6 Å². The maximum Gasteiger partial charge on any atom is 0.251 e. The second-order valence-corrected chi connectivity index (χ2v) is 7.53. The van der Waals surface area contributed by atoms with Crippen molar-refractivity contribution in [3.05, 3.63) is 59.4 Å². The number of carbonyl (C=O) groups excluding carboxylic acids is 1. The second-order valence-electron chi connectivity index (χ2n) is 7.53. The van der Waals surface area contributed by atoms with Crippen LogP contribution in [0.1, 0.15) is 22.8 Å². The first-order valence-electron chi connectivity index (χ1n) is 10.0. The highest BCUT2D eigenvalue weighted by atomic mass is 19.1. The molecular weight excluding hydrogens is 355 g/mol. The summed E-state index contributed by atoms with van der Waals surface area (Å²) in [5, 5.41) is 6.19. The van der Waals surface area contributed by atoms with Gasteiger partial charge in [0.1, 0.15) is 5.82 Å². The van der Waals surface area contributed by atoms with Crippen molar-refractivity contribution in [3.8, 4) is 0 Å². The second kappa shape index (κ2) is 8.19. The van der Waals surface area contributed by atoms with Crippen LogP contribution in [0.2, 0.25) is 0 Å². The van der Waals surface area contributed by atoms with Crippen LogP contribution in [0.3, 0.4) is 0 Å². The summed E-state index contributed by atoms with van der Waals surface area (Å²) >= 11 is 0. The summed E-state index contributed by atoms with van der Waals surface area (Å²) in [6.45, 7) is 6.71. The lowest BCUT2D eigenvalue weighted by Gasteiger charge is -2.29. The van der Waals surface area contributed by atoms with Gasteiger partial charge in [-0.05, 0) is 43.2 Å². The molecule has 2 aliphatic rings. The number of hydrogen-bond donors (Lipinski definition) is 2. The molecule has 6 heteroatoms. The highest BCUT2D eigenvalue weighted by Gasteiger charge is 2.25. The van der Waals surface area contributed by atoms with Crippen LogP contribution in [-0.4, -0.2) is 51.2 Å². The smallest absolute Gasteiger partial charge is 0.251 e. The summed E-state index contributed by atoms with van der Waals surface area (Å²) in [6, 6.07) is 13.6. The number of nitrogens with zero attached hydrogens (tertiary/aromatic N) is 2. The van der Waals surface area contributed by atoms with Crippen molar-refractivity contribution in [2.24, 2.45) is 0 Å². The van der Waals surface area contributed by atoms with Gasteiger partial charge >= 0.3 is 0 Å². The predicted molar refractivity (Wildman–Crippen MR) is 111 cm³/mol. The van der Waals surface area contributed by atoms with Gasteiger partial charge in [-0.25, -0.2) is 4.39 Å². The molecule has 1 unspecified atom stereocenters. The Bertz CT molecular complexity index is 850. The van der Waals surface area contributed by atoms with Crippen LogP contribution >= 0.6 is 0 Å². The van der Waals surface area contributed by atoms with E-state index in [0.717, 1.165) is 39.1 Å². The first kappa shape index (κ1) is 18.7. The standard InChI is InChI=1S/C22H27FN4O/c1-16-14-17-4-2-3-5-20(17)27(16)13-10-25-22(28)18-6-7-21(19(23)15-18)26-11-8-24-9-12-26/h2-7,15-16,24H,8-14H2,1H3,(H,25,28). The lowest BCUT2D eigenvalue weighted by molar-refractivity contribution is 0.0954. The average Bonchev–Trinajstić information content (AvgIpc) is 3.04. The van der Waals surface area contributed by atoms with Gasteiger partial charge < -0.3 is 20.4 Å². The van der Waals surface area contributed by atoms with Gasteiger partial charge in [0, 0.05) is 56.6 Å². The number of carbonyl (C=O) groups is 1. The lowest BCUT2D eigenvalue weighted by atomic mass is 10.1. The maximum atomic E-state index is 14.5. The first-order chi connectivity index (χ1) is 13.6. The van der Waals surface area contributed by atoms with Crippen molar-refractivity contribution in [1.29, 1.82) is 0 Å². The monoisotopic (exact) mass is 382 g/mol. The minimum Gasteiger partial charge on any atom is -0.367 e. The fourth-order valence-electron chi connectivity index (χ4n) is 4.17. The highest BCUT2D eigenvalue weighted by Crippen LogP contribution is 2.31. The van der Waals surface area contributed by atoms with E-state index < -0.39 is 0 Å². The highest BCUT2D eigenvalue weighted by molar-refractivity contribution is 5.94. The molecule has 2 aliphatic heterocycles. The Kier molecular flexibility index (Phi) is 5.48. The minimum absolute atomic E-state index is 0.231. The summed E-state index contributed by atoms with van der Waals surface area (Å²) in [5.74, 6) is -0.567. The van der Waals surface area contributed by atoms with E-state index in [1.54, 1.807) is 12.1 Å².